The van der Waals surface area contributed by atoms with Gasteiger partial charge >= 0.3 is 0 Å². The number of hydrogen-bond donors (Lipinski definition) is 0. The maximum atomic E-state index is 10.8. The second kappa shape index (κ2) is 4.74. The van der Waals surface area contributed by atoms with E-state index in [9.17, 15) is 4.79 Å². The van der Waals surface area contributed by atoms with E-state index in [0.29, 0.717) is 6.42 Å². The molecule has 2 aromatic rings. The Morgan fingerprint density at radius 2 is 2.25 bits per heavy atom. The van der Waals surface area contributed by atoms with Gasteiger partial charge in [0.15, 0.2) is 0 Å². The molecule has 0 aliphatic carbocycles. The summed E-state index contributed by atoms with van der Waals surface area (Å²) in [6, 6.07) is 6.38. The standard InChI is InChI=1S/C13H15NOS/c1-9(15)4-3-5-11-6-7-12-13(8-11)16-10(2)14-12/h6-8H,3-5H2,1-2H3. The highest BCUT2D eigenvalue weighted by Gasteiger charge is 2.02. The predicted molar refractivity (Wildman–Crippen MR) is 68.0 cm³/mol. The van der Waals surface area contributed by atoms with E-state index >= 15 is 0 Å². The van der Waals surface area contributed by atoms with Crippen molar-refractivity contribution in [2.75, 3.05) is 0 Å². The molecule has 0 spiro atoms. The maximum Gasteiger partial charge on any atom is 0.129 e. The second-order valence-electron chi connectivity index (χ2n) is 4.09. The largest absolute Gasteiger partial charge is 0.300 e. The van der Waals surface area contributed by atoms with E-state index < -0.39 is 0 Å². The molecule has 0 N–H and O–H groups in total. The van der Waals surface area contributed by atoms with Crippen LogP contribution in [-0.2, 0) is 11.2 Å². The summed E-state index contributed by atoms with van der Waals surface area (Å²) in [5, 5.41) is 1.11. The lowest BCUT2D eigenvalue weighted by molar-refractivity contribution is -0.117. The molecule has 1 aromatic heterocycles. The van der Waals surface area contributed by atoms with Gasteiger partial charge in [0.05, 0.1) is 15.2 Å². The Morgan fingerprint density at radius 3 is 3.00 bits per heavy atom. The number of rotatable bonds is 4. The van der Waals surface area contributed by atoms with Gasteiger partial charge in [0, 0.05) is 6.42 Å². The third-order valence-electron chi connectivity index (χ3n) is 2.55. The first-order chi connectivity index (χ1) is 7.65. The lowest BCUT2D eigenvalue weighted by Gasteiger charge is -1.99. The highest BCUT2D eigenvalue weighted by Crippen LogP contribution is 2.23. The van der Waals surface area contributed by atoms with Gasteiger partial charge in [-0.2, -0.15) is 0 Å². The number of aryl methyl sites for hydroxylation is 2. The smallest absolute Gasteiger partial charge is 0.129 e. The summed E-state index contributed by atoms with van der Waals surface area (Å²) in [6.07, 6.45) is 2.60. The van der Waals surface area contributed by atoms with Crippen molar-refractivity contribution in [1.82, 2.24) is 4.98 Å². The number of nitrogens with zero attached hydrogens (tertiary/aromatic N) is 1. The average molecular weight is 233 g/mol. The number of fused-ring (bicyclic) bond motifs is 1. The van der Waals surface area contributed by atoms with Gasteiger partial charge in [-0.25, -0.2) is 4.98 Å². The van der Waals surface area contributed by atoms with E-state index in [2.05, 4.69) is 23.2 Å². The van der Waals surface area contributed by atoms with Crippen LogP contribution in [0.25, 0.3) is 10.2 Å². The summed E-state index contributed by atoms with van der Waals surface area (Å²) in [6.45, 7) is 3.68. The van der Waals surface area contributed by atoms with Crippen LogP contribution < -0.4 is 0 Å². The molecule has 0 aliphatic rings. The van der Waals surface area contributed by atoms with Crippen molar-refractivity contribution >= 4 is 27.3 Å². The Bertz CT molecular complexity index is 516. The maximum absolute atomic E-state index is 10.8. The molecular weight excluding hydrogens is 218 g/mol. The molecule has 0 bridgehead atoms. The van der Waals surface area contributed by atoms with E-state index in [4.69, 9.17) is 0 Å². The number of benzene rings is 1. The van der Waals surface area contributed by atoms with Crippen LogP contribution in [0.4, 0.5) is 0 Å². The fraction of sp³-hybridized carbons (Fsp3) is 0.385. The SMILES string of the molecule is CC(=O)CCCc1ccc2nc(C)sc2c1. The minimum Gasteiger partial charge on any atom is -0.300 e. The summed E-state index contributed by atoms with van der Waals surface area (Å²) in [7, 11) is 0. The van der Waals surface area contributed by atoms with Crippen LogP contribution in [0.1, 0.15) is 30.3 Å². The zero-order chi connectivity index (χ0) is 11.5. The molecule has 0 radical (unpaired) electrons. The van der Waals surface area contributed by atoms with E-state index in [-0.39, 0.29) is 5.78 Å². The number of aromatic nitrogens is 1. The molecule has 0 fully saturated rings. The van der Waals surface area contributed by atoms with Crippen LogP contribution >= 0.6 is 11.3 Å². The Hall–Kier alpha value is -1.22. The molecule has 2 nitrogen and oxygen atoms in total. The summed E-state index contributed by atoms with van der Waals surface area (Å²) in [4.78, 5) is 15.3. The second-order valence-corrected chi connectivity index (χ2v) is 5.33. The fourth-order valence-electron chi connectivity index (χ4n) is 1.78. The third kappa shape index (κ3) is 2.67. The monoisotopic (exact) mass is 233 g/mol. The topological polar surface area (TPSA) is 30.0 Å². The summed E-state index contributed by atoms with van der Waals surface area (Å²) in [5.74, 6) is 0.273. The van der Waals surface area contributed by atoms with Crippen molar-refractivity contribution < 1.29 is 4.79 Å². The Balaban J connectivity index is 2.10. The number of carbonyl (C=O) groups is 1. The molecule has 84 valence electrons. The first-order valence-corrected chi connectivity index (χ1v) is 6.32. The van der Waals surface area contributed by atoms with Crippen molar-refractivity contribution in [1.29, 1.82) is 0 Å². The minimum atomic E-state index is 0.273. The number of Topliss-reactive ketones (excluding diaryl/α,β-unsaturated/α-hetero) is 1. The first kappa shape index (κ1) is 11.3. The van der Waals surface area contributed by atoms with Gasteiger partial charge in [0.25, 0.3) is 0 Å². The molecule has 2 rings (SSSR count). The van der Waals surface area contributed by atoms with E-state index in [0.717, 1.165) is 23.4 Å². The van der Waals surface area contributed by atoms with Gasteiger partial charge in [0.1, 0.15) is 5.78 Å². The number of thiazole rings is 1. The average Bonchev–Trinajstić information content (AvgIpc) is 2.56. The van der Waals surface area contributed by atoms with Gasteiger partial charge in [-0.1, -0.05) is 6.07 Å². The van der Waals surface area contributed by atoms with Gasteiger partial charge in [-0.15, -0.1) is 11.3 Å². The molecule has 0 unspecified atom stereocenters. The van der Waals surface area contributed by atoms with Crippen molar-refractivity contribution in [3.05, 3.63) is 28.8 Å². The van der Waals surface area contributed by atoms with Crippen molar-refractivity contribution in [2.24, 2.45) is 0 Å². The van der Waals surface area contributed by atoms with E-state index in [1.165, 1.54) is 10.3 Å². The van der Waals surface area contributed by atoms with Crippen molar-refractivity contribution in [3.8, 4) is 0 Å². The van der Waals surface area contributed by atoms with Gasteiger partial charge in [-0.05, 0) is 44.4 Å². The zero-order valence-corrected chi connectivity index (χ0v) is 10.4. The van der Waals surface area contributed by atoms with Crippen LogP contribution in [0, 0.1) is 6.92 Å². The summed E-state index contributed by atoms with van der Waals surface area (Å²) < 4.78 is 1.25. The summed E-state index contributed by atoms with van der Waals surface area (Å²) >= 11 is 1.73. The van der Waals surface area contributed by atoms with Crippen LogP contribution in [0.15, 0.2) is 18.2 Å². The molecule has 0 atom stereocenters. The number of carbonyl (C=O) groups excluding carboxylic acids is 1. The molecule has 16 heavy (non-hydrogen) atoms. The Labute approximate surface area is 99.3 Å². The van der Waals surface area contributed by atoms with Crippen LogP contribution in [0.2, 0.25) is 0 Å². The minimum absolute atomic E-state index is 0.273. The molecule has 0 saturated heterocycles. The first-order valence-electron chi connectivity index (χ1n) is 5.50. The highest BCUT2D eigenvalue weighted by atomic mass is 32.1. The van der Waals surface area contributed by atoms with E-state index in [1.54, 1.807) is 18.3 Å². The molecule has 0 saturated carbocycles. The fourth-order valence-corrected chi connectivity index (χ4v) is 2.67. The number of hydrogen-bond acceptors (Lipinski definition) is 3. The van der Waals surface area contributed by atoms with Gasteiger partial charge in [-0.3, -0.25) is 0 Å². The molecule has 1 aromatic carbocycles. The normalized spacial score (nSPS) is 10.9. The number of ketones is 1. The Morgan fingerprint density at radius 1 is 1.44 bits per heavy atom. The molecular formula is C13H15NOS. The zero-order valence-electron chi connectivity index (χ0n) is 9.62. The highest BCUT2D eigenvalue weighted by molar-refractivity contribution is 7.18. The summed E-state index contributed by atoms with van der Waals surface area (Å²) in [5.41, 5.74) is 2.38. The van der Waals surface area contributed by atoms with Crippen LogP contribution in [0.5, 0.6) is 0 Å². The van der Waals surface area contributed by atoms with Crippen molar-refractivity contribution in [2.45, 2.75) is 33.1 Å². The molecule has 0 amide bonds. The van der Waals surface area contributed by atoms with Gasteiger partial charge < -0.3 is 4.79 Å². The van der Waals surface area contributed by atoms with Crippen LogP contribution in [-0.4, -0.2) is 10.8 Å². The third-order valence-corrected chi connectivity index (χ3v) is 3.49. The molecule has 3 heteroatoms. The van der Waals surface area contributed by atoms with Crippen molar-refractivity contribution in [3.63, 3.8) is 0 Å². The van der Waals surface area contributed by atoms with Crippen LogP contribution in [0.3, 0.4) is 0 Å². The molecule has 0 aliphatic heterocycles. The quantitative estimate of drug-likeness (QED) is 0.808. The lowest BCUT2D eigenvalue weighted by Crippen LogP contribution is -1.92. The van der Waals surface area contributed by atoms with Gasteiger partial charge in [0.2, 0.25) is 0 Å². The Kier molecular flexibility index (Phi) is 3.34. The predicted octanol–water partition coefficient (Wildman–Crippen LogP) is 3.52. The lowest BCUT2D eigenvalue weighted by atomic mass is 10.1. The van der Waals surface area contributed by atoms with E-state index in [1.807, 2.05) is 6.92 Å². The molecule has 1 heterocycles.